The summed E-state index contributed by atoms with van der Waals surface area (Å²) in [6.07, 6.45) is 0. The lowest BCUT2D eigenvalue weighted by Crippen LogP contribution is -2.50. The molecule has 0 radical (unpaired) electrons. The zero-order valence-electron chi connectivity index (χ0n) is 10.2. The Kier molecular flexibility index (Phi) is 6.69. The van der Waals surface area contributed by atoms with E-state index in [0.29, 0.717) is 6.54 Å². The molecule has 0 aliphatic rings. The molecule has 4 N–H and O–H groups in total. The number of carboxylic acid groups (broad SMARTS) is 1. The molecule has 1 atom stereocenters. The van der Waals surface area contributed by atoms with Crippen LogP contribution in [0.4, 0.5) is 4.79 Å². The molecule has 0 aromatic heterocycles. The van der Waals surface area contributed by atoms with Crippen molar-refractivity contribution in [2.75, 3.05) is 13.1 Å². The summed E-state index contributed by atoms with van der Waals surface area (Å²) in [6, 6.07) is -1.64. The lowest BCUT2D eigenvalue weighted by Gasteiger charge is -2.18. The Morgan fingerprint density at radius 2 is 1.76 bits per heavy atom. The Labute approximate surface area is 100.0 Å². The highest BCUT2D eigenvalue weighted by molar-refractivity contribution is 5.86. The minimum atomic E-state index is -1.10. The van der Waals surface area contributed by atoms with Crippen molar-refractivity contribution in [3.8, 4) is 0 Å². The summed E-state index contributed by atoms with van der Waals surface area (Å²) in [6.45, 7) is 5.43. The van der Waals surface area contributed by atoms with E-state index in [-0.39, 0.29) is 18.4 Å². The van der Waals surface area contributed by atoms with Crippen molar-refractivity contribution in [1.29, 1.82) is 0 Å². The fourth-order valence-corrected chi connectivity index (χ4v) is 1.13. The maximum atomic E-state index is 11.3. The molecule has 7 nitrogen and oxygen atoms in total. The largest absolute Gasteiger partial charge is 0.480 e. The molecule has 0 heterocycles. The molecular formula is C10H19N3O4. The van der Waals surface area contributed by atoms with Gasteiger partial charge >= 0.3 is 12.0 Å². The second kappa shape index (κ2) is 7.48. The van der Waals surface area contributed by atoms with Crippen molar-refractivity contribution < 1.29 is 19.5 Å². The Bertz CT molecular complexity index is 291. The number of nitrogens with one attached hydrogen (secondary N) is 3. The normalized spacial score (nSPS) is 11.8. The number of likely N-dealkylation sites (N-methyl/N-ethyl adjacent to an activating group) is 1. The maximum absolute atomic E-state index is 11.3. The van der Waals surface area contributed by atoms with Gasteiger partial charge in [0.2, 0.25) is 5.91 Å². The van der Waals surface area contributed by atoms with E-state index in [9.17, 15) is 14.4 Å². The second-order valence-electron chi connectivity index (χ2n) is 3.84. The predicted octanol–water partition coefficient (Wildman–Crippen LogP) is -0.469. The number of urea groups is 1. The predicted molar refractivity (Wildman–Crippen MR) is 61.5 cm³/mol. The van der Waals surface area contributed by atoms with E-state index < -0.39 is 18.0 Å². The van der Waals surface area contributed by atoms with Crippen molar-refractivity contribution in [2.45, 2.75) is 26.8 Å². The van der Waals surface area contributed by atoms with Gasteiger partial charge in [0.15, 0.2) is 0 Å². The molecule has 0 aromatic carbocycles. The molecule has 98 valence electrons. The molecule has 0 unspecified atom stereocenters. The summed E-state index contributed by atoms with van der Waals surface area (Å²) in [5, 5.41) is 15.9. The van der Waals surface area contributed by atoms with Crippen molar-refractivity contribution in [2.24, 2.45) is 5.92 Å². The van der Waals surface area contributed by atoms with E-state index in [1.165, 1.54) is 0 Å². The van der Waals surface area contributed by atoms with Gasteiger partial charge in [-0.2, -0.15) is 0 Å². The number of amides is 3. The molecule has 0 bridgehead atoms. The molecule has 0 spiro atoms. The third kappa shape index (κ3) is 6.39. The van der Waals surface area contributed by atoms with Crippen LogP contribution in [0.5, 0.6) is 0 Å². The van der Waals surface area contributed by atoms with Gasteiger partial charge in [-0.1, -0.05) is 13.8 Å². The third-order valence-corrected chi connectivity index (χ3v) is 2.00. The van der Waals surface area contributed by atoms with Gasteiger partial charge in [-0.15, -0.1) is 0 Å². The first-order valence-corrected chi connectivity index (χ1v) is 5.42. The van der Waals surface area contributed by atoms with Crippen LogP contribution in [-0.4, -0.2) is 42.1 Å². The number of hydrogen-bond donors (Lipinski definition) is 4. The zero-order chi connectivity index (χ0) is 13.4. The molecule has 3 amide bonds. The molecule has 0 fully saturated rings. The third-order valence-electron chi connectivity index (χ3n) is 2.00. The van der Waals surface area contributed by atoms with Crippen molar-refractivity contribution in [3.05, 3.63) is 0 Å². The van der Waals surface area contributed by atoms with E-state index in [4.69, 9.17) is 5.11 Å². The minimum Gasteiger partial charge on any atom is -0.480 e. The van der Waals surface area contributed by atoms with Gasteiger partial charge in [-0.25, -0.2) is 9.59 Å². The van der Waals surface area contributed by atoms with E-state index in [1.807, 2.05) is 0 Å². The van der Waals surface area contributed by atoms with Crippen LogP contribution in [0.25, 0.3) is 0 Å². The van der Waals surface area contributed by atoms with Crippen LogP contribution in [0, 0.1) is 5.92 Å². The van der Waals surface area contributed by atoms with Crippen molar-refractivity contribution in [3.63, 3.8) is 0 Å². The maximum Gasteiger partial charge on any atom is 0.326 e. The second-order valence-corrected chi connectivity index (χ2v) is 3.84. The average molecular weight is 245 g/mol. The quantitative estimate of drug-likeness (QED) is 0.507. The first-order chi connectivity index (χ1) is 7.88. The Hall–Kier alpha value is -1.79. The standard InChI is InChI=1S/C10H19N3O4/c1-4-11-7(14)5-12-10(17)13-8(6(2)3)9(15)16/h6,8H,4-5H2,1-3H3,(H,11,14)(H,15,16)(H2,12,13,17)/t8-/m1/s1. The van der Waals surface area contributed by atoms with Crippen molar-refractivity contribution in [1.82, 2.24) is 16.0 Å². The van der Waals surface area contributed by atoms with E-state index >= 15 is 0 Å². The first kappa shape index (κ1) is 15.2. The minimum absolute atomic E-state index is 0.176. The van der Waals surface area contributed by atoms with Crippen molar-refractivity contribution >= 4 is 17.9 Å². The summed E-state index contributed by atoms with van der Waals surface area (Å²) >= 11 is 0. The van der Waals surface area contributed by atoms with Crippen LogP contribution in [0.1, 0.15) is 20.8 Å². The SMILES string of the molecule is CCNC(=O)CNC(=O)N[C@@H](C(=O)O)C(C)C. The fourth-order valence-electron chi connectivity index (χ4n) is 1.13. The van der Waals surface area contributed by atoms with Crippen LogP contribution in [0.3, 0.4) is 0 Å². The van der Waals surface area contributed by atoms with Gasteiger partial charge in [0.05, 0.1) is 6.54 Å². The van der Waals surface area contributed by atoms with Crippen LogP contribution < -0.4 is 16.0 Å². The molecular weight excluding hydrogens is 226 g/mol. The van der Waals surface area contributed by atoms with E-state index in [2.05, 4.69) is 16.0 Å². The molecule has 0 rings (SSSR count). The first-order valence-electron chi connectivity index (χ1n) is 5.42. The van der Waals surface area contributed by atoms with Gasteiger partial charge in [0.25, 0.3) is 0 Å². The molecule has 0 aliphatic carbocycles. The number of carboxylic acids is 1. The average Bonchev–Trinajstić information content (AvgIpc) is 2.22. The molecule has 0 saturated heterocycles. The van der Waals surface area contributed by atoms with Gasteiger partial charge in [-0.3, -0.25) is 4.79 Å². The summed E-state index contributed by atoms with van der Waals surface area (Å²) in [7, 11) is 0. The number of carbonyl (C=O) groups is 3. The van der Waals surface area contributed by atoms with Crippen LogP contribution in [0.2, 0.25) is 0 Å². The highest BCUT2D eigenvalue weighted by atomic mass is 16.4. The summed E-state index contributed by atoms with van der Waals surface area (Å²) in [4.78, 5) is 33.1. The summed E-state index contributed by atoms with van der Waals surface area (Å²) in [5.74, 6) is -1.66. The Morgan fingerprint density at radius 1 is 1.18 bits per heavy atom. The van der Waals surface area contributed by atoms with Gasteiger partial charge in [-0.05, 0) is 12.8 Å². The molecule has 0 aromatic rings. The molecule has 17 heavy (non-hydrogen) atoms. The van der Waals surface area contributed by atoms with Crippen LogP contribution in [0.15, 0.2) is 0 Å². The summed E-state index contributed by atoms with van der Waals surface area (Å²) in [5.41, 5.74) is 0. The Balaban J connectivity index is 4.07. The van der Waals surface area contributed by atoms with Crippen LogP contribution in [-0.2, 0) is 9.59 Å². The van der Waals surface area contributed by atoms with E-state index in [1.54, 1.807) is 20.8 Å². The highest BCUT2D eigenvalue weighted by Gasteiger charge is 2.23. The van der Waals surface area contributed by atoms with Gasteiger partial charge < -0.3 is 21.1 Å². The number of carbonyl (C=O) groups excluding carboxylic acids is 2. The monoisotopic (exact) mass is 245 g/mol. The highest BCUT2D eigenvalue weighted by Crippen LogP contribution is 2.00. The lowest BCUT2D eigenvalue weighted by atomic mass is 10.1. The molecule has 0 aliphatic heterocycles. The van der Waals surface area contributed by atoms with E-state index in [0.717, 1.165) is 0 Å². The number of hydrogen-bond acceptors (Lipinski definition) is 3. The summed E-state index contributed by atoms with van der Waals surface area (Å²) < 4.78 is 0. The van der Waals surface area contributed by atoms with Gasteiger partial charge in [0.1, 0.15) is 6.04 Å². The molecule has 7 heteroatoms. The van der Waals surface area contributed by atoms with Crippen LogP contribution >= 0.6 is 0 Å². The number of aliphatic carboxylic acids is 1. The Morgan fingerprint density at radius 3 is 2.18 bits per heavy atom. The number of rotatable bonds is 6. The molecule has 0 saturated carbocycles. The fraction of sp³-hybridized carbons (Fsp3) is 0.700. The topological polar surface area (TPSA) is 108 Å². The lowest BCUT2D eigenvalue weighted by molar-refractivity contribution is -0.140. The smallest absolute Gasteiger partial charge is 0.326 e. The zero-order valence-corrected chi connectivity index (χ0v) is 10.2. The van der Waals surface area contributed by atoms with Gasteiger partial charge in [0, 0.05) is 6.54 Å².